The van der Waals surface area contributed by atoms with E-state index in [1.807, 2.05) is 44.2 Å². The molecule has 0 bridgehead atoms. The van der Waals surface area contributed by atoms with Crippen molar-refractivity contribution in [3.8, 4) is 0 Å². The average Bonchev–Trinajstić information content (AvgIpc) is 2.85. The lowest BCUT2D eigenvalue weighted by Gasteiger charge is -2.29. The predicted octanol–water partition coefficient (Wildman–Crippen LogP) is 2.82. The Morgan fingerprint density at radius 1 is 1.28 bits per heavy atom. The van der Waals surface area contributed by atoms with Gasteiger partial charge in [-0.1, -0.05) is 35.5 Å². The van der Waals surface area contributed by atoms with Gasteiger partial charge in [-0.25, -0.2) is 4.79 Å². The van der Waals surface area contributed by atoms with Gasteiger partial charge < -0.3 is 19.8 Å². The number of urea groups is 1. The monoisotopic (exact) mass is 345 g/mol. The first-order chi connectivity index (χ1) is 11.8. The number of hydrogen-bond acceptors (Lipinski definition) is 4. The molecule has 0 atom stereocenters. The molecule has 0 aliphatic heterocycles. The van der Waals surface area contributed by atoms with E-state index in [0.717, 1.165) is 22.6 Å². The molecule has 1 aromatic carbocycles. The zero-order valence-corrected chi connectivity index (χ0v) is 15.4. The maximum absolute atomic E-state index is 12.6. The number of amides is 2. The van der Waals surface area contributed by atoms with Crippen LogP contribution < -0.4 is 5.32 Å². The molecule has 0 fully saturated rings. The van der Waals surface area contributed by atoms with Gasteiger partial charge in [-0.15, -0.1) is 0 Å². The topological polar surface area (TPSA) is 78.6 Å². The summed E-state index contributed by atoms with van der Waals surface area (Å²) in [6.45, 7) is 8.33. The molecule has 6 heteroatoms. The molecule has 0 saturated heterocycles. The minimum atomic E-state index is -0.965. The summed E-state index contributed by atoms with van der Waals surface area (Å²) < 4.78 is 5.14. The minimum Gasteiger partial charge on any atom is -0.389 e. The Morgan fingerprint density at radius 3 is 2.52 bits per heavy atom. The predicted molar refractivity (Wildman–Crippen MR) is 96.2 cm³/mol. The Hall–Kier alpha value is -2.34. The lowest BCUT2D eigenvalue weighted by molar-refractivity contribution is 0.0447. The first-order valence-corrected chi connectivity index (χ1v) is 8.47. The number of nitrogens with one attached hydrogen (secondary N) is 1. The first-order valence-electron chi connectivity index (χ1n) is 8.47. The van der Waals surface area contributed by atoms with Crippen molar-refractivity contribution in [3.05, 3.63) is 52.9 Å². The van der Waals surface area contributed by atoms with Crippen molar-refractivity contribution in [1.82, 2.24) is 15.4 Å². The third kappa shape index (κ3) is 5.90. The highest BCUT2D eigenvalue weighted by Crippen LogP contribution is 2.13. The third-order valence-electron chi connectivity index (χ3n) is 3.91. The largest absolute Gasteiger partial charge is 0.389 e. The quantitative estimate of drug-likeness (QED) is 0.809. The number of aromatic nitrogens is 1. The van der Waals surface area contributed by atoms with Gasteiger partial charge in [0.2, 0.25) is 0 Å². The number of carbonyl (C=O) groups excluding carboxylic acids is 1. The molecule has 1 aromatic heterocycles. The van der Waals surface area contributed by atoms with E-state index in [-0.39, 0.29) is 12.6 Å². The van der Waals surface area contributed by atoms with Crippen molar-refractivity contribution in [1.29, 1.82) is 0 Å². The van der Waals surface area contributed by atoms with Crippen LogP contribution in [0.1, 0.15) is 36.4 Å². The number of nitrogens with zero attached hydrogens (tertiary/aromatic N) is 2. The van der Waals surface area contributed by atoms with Crippen LogP contribution >= 0.6 is 0 Å². The Labute approximate surface area is 148 Å². The Morgan fingerprint density at radius 2 is 1.96 bits per heavy atom. The second-order valence-corrected chi connectivity index (χ2v) is 6.94. The van der Waals surface area contributed by atoms with E-state index in [9.17, 15) is 9.90 Å². The summed E-state index contributed by atoms with van der Waals surface area (Å²) in [5, 5.41) is 17.0. The van der Waals surface area contributed by atoms with Crippen LogP contribution in [0.4, 0.5) is 4.79 Å². The Bertz CT molecular complexity index is 670. The van der Waals surface area contributed by atoms with E-state index in [2.05, 4.69) is 10.5 Å². The summed E-state index contributed by atoms with van der Waals surface area (Å²) in [4.78, 5) is 14.2. The molecule has 0 radical (unpaired) electrons. The zero-order chi connectivity index (χ0) is 18.4. The molecule has 136 valence electrons. The fourth-order valence-corrected chi connectivity index (χ4v) is 2.74. The lowest BCUT2D eigenvalue weighted by atomic mass is 10.1. The third-order valence-corrected chi connectivity index (χ3v) is 3.91. The molecule has 2 amide bonds. The van der Waals surface area contributed by atoms with Gasteiger partial charge in [0, 0.05) is 18.7 Å². The summed E-state index contributed by atoms with van der Waals surface area (Å²) in [6, 6.07) is 9.55. The van der Waals surface area contributed by atoms with Crippen LogP contribution in [-0.4, -0.2) is 39.9 Å². The van der Waals surface area contributed by atoms with Crippen molar-refractivity contribution in [2.45, 2.75) is 46.3 Å². The molecule has 0 spiro atoms. The fraction of sp³-hybridized carbons (Fsp3) is 0.474. The van der Waals surface area contributed by atoms with Gasteiger partial charge in [-0.2, -0.15) is 0 Å². The van der Waals surface area contributed by atoms with Crippen LogP contribution in [0.5, 0.6) is 0 Å². The molecule has 1 heterocycles. The lowest BCUT2D eigenvalue weighted by Crippen LogP contribution is -2.46. The van der Waals surface area contributed by atoms with Gasteiger partial charge in [0.05, 0.1) is 17.8 Å². The number of hydrogen-bond donors (Lipinski definition) is 2. The maximum Gasteiger partial charge on any atom is 0.317 e. The number of benzene rings is 1. The summed E-state index contributed by atoms with van der Waals surface area (Å²) >= 11 is 0. The van der Waals surface area contributed by atoms with Crippen LogP contribution in [0, 0.1) is 13.8 Å². The Balaban J connectivity index is 1.97. The number of rotatable bonds is 7. The molecule has 0 unspecified atom stereocenters. The molecule has 2 N–H and O–H groups in total. The highest BCUT2D eigenvalue weighted by atomic mass is 16.5. The summed E-state index contributed by atoms with van der Waals surface area (Å²) in [5.74, 6) is 0.782. The van der Waals surface area contributed by atoms with Gasteiger partial charge >= 0.3 is 6.03 Å². The number of aliphatic hydroxyl groups is 1. The number of carbonyl (C=O) groups is 1. The summed E-state index contributed by atoms with van der Waals surface area (Å²) in [7, 11) is 0. The van der Waals surface area contributed by atoms with E-state index in [1.165, 1.54) is 0 Å². The molecule has 6 nitrogen and oxygen atoms in total. The van der Waals surface area contributed by atoms with Gasteiger partial charge in [-0.05, 0) is 39.7 Å². The van der Waals surface area contributed by atoms with Crippen LogP contribution in [-0.2, 0) is 13.0 Å². The molecule has 2 rings (SSSR count). The van der Waals surface area contributed by atoms with Gasteiger partial charge in [0.25, 0.3) is 0 Å². The standard InChI is InChI=1S/C19H27N3O3/c1-14-17(15(2)25-21-14)10-11-20-18(23)22(13-19(3,4)24)12-16-8-6-5-7-9-16/h5-9,24H,10-13H2,1-4H3,(H,20,23). The van der Waals surface area contributed by atoms with E-state index in [1.54, 1.807) is 18.7 Å². The zero-order valence-electron chi connectivity index (χ0n) is 15.4. The van der Waals surface area contributed by atoms with E-state index >= 15 is 0 Å². The van der Waals surface area contributed by atoms with Gasteiger partial charge in [0.1, 0.15) is 5.76 Å². The van der Waals surface area contributed by atoms with Crippen LogP contribution in [0.15, 0.2) is 34.9 Å². The average molecular weight is 345 g/mol. The SMILES string of the molecule is Cc1noc(C)c1CCNC(=O)N(Cc1ccccc1)CC(C)(C)O. The van der Waals surface area contributed by atoms with Gasteiger partial charge in [-0.3, -0.25) is 0 Å². The molecule has 0 aliphatic carbocycles. The van der Waals surface area contributed by atoms with Crippen molar-refractivity contribution in [2.24, 2.45) is 0 Å². The van der Waals surface area contributed by atoms with Crippen LogP contribution in [0.3, 0.4) is 0 Å². The molecule has 0 saturated carbocycles. The maximum atomic E-state index is 12.6. The van der Waals surface area contributed by atoms with Crippen LogP contribution in [0.2, 0.25) is 0 Å². The Kier molecular flexibility index (Phi) is 6.20. The van der Waals surface area contributed by atoms with Crippen molar-refractivity contribution < 1.29 is 14.4 Å². The molecule has 0 aliphatic rings. The van der Waals surface area contributed by atoms with Crippen molar-refractivity contribution in [2.75, 3.05) is 13.1 Å². The molecular weight excluding hydrogens is 318 g/mol. The van der Waals surface area contributed by atoms with E-state index in [0.29, 0.717) is 19.5 Å². The smallest absolute Gasteiger partial charge is 0.317 e. The summed E-state index contributed by atoms with van der Waals surface area (Å²) in [6.07, 6.45) is 0.661. The second kappa shape index (κ2) is 8.16. The second-order valence-electron chi connectivity index (χ2n) is 6.94. The normalized spacial score (nSPS) is 11.4. The first kappa shape index (κ1) is 19.0. The summed E-state index contributed by atoms with van der Waals surface area (Å²) in [5.41, 5.74) is 1.93. The van der Waals surface area contributed by atoms with Crippen LogP contribution in [0.25, 0.3) is 0 Å². The molecular formula is C19H27N3O3. The fourth-order valence-electron chi connectivity index (χ4n) is 2.74. The minimum absolute atomic E-state index is 0.197. The van der Waals surface area contributed by atoms with Gasteiger partial charge in [0.15, 0.2) is 0 Å². The van der Waals surface area contributed by atoms with Crippen molar-refractivity contribution in [3.63, 3.8) is 0 Å². The number of aryl methyl sites for hydroxylation is 2. The highest BCUT2D eigenvalue weighted by molar-refractivity contribution is 5.74. The van der Waals surface area contributed by atoms with E-state index in [4.69, 9.17) is 4.52 Å². The van der Waals surface area contributed by atoms with Crippen molar-refractivity contribution >= 4 is 6.03 Å². The molecule has 2 aromatic rings. The van der Waals surface area contributed by atoms with E-state index < -0.39 is 5.60 Å². The molecule has 25 heavy (non-hydrogen) atoms. The highest BCUT2D eigenvalue weighted by Gasteiger charge is 2.22.